The van der Waals surface area contributed by atoms with Crippen LogP contribution >= 0.6 is 0 Å². The lowest BCUT2D eigenvalue weighted by atomic mass is 10.1. The Hall–Kier alpha value is -3.22. The van der Waals surface area contributed by atoms with Gasteiger partial charge in [-0.1, -0.05) is 32.0 Å². The summed E-state index contributed by atoms with van der Waals surface area (Å²) in [7, 11) is 4.79. The van der Waals surface area contributed by atoms with Crippen molar-refractivity contribution in [2.75, 3.05) is 27.9 Å². The third kappa shape index (κ3) is 7.41. The summed E-state index contributed by atoms with van der Waals surface area (Å²) in [6, 6.07) is 12.7. The quantitative estimate of drug-likeness (QED) is 0.493. The molecule has 0 aliphatic rings. The van der Waals surface area contributed by atoms with Gasteiger partial charge in [-0.05, 0) is 54.7 Å². The van der Waals surface area contributed by atoms with Crippen LogP contribution in [0.3, 0.4) is 0 Å². The first-order valence-corrected chi connectivity index (χ1v) is 11.4. The highest BCUT2D eigenvalue weighted by molar-refractivity contribution is 5.87. The number of benzene rings is 2. The van der Waals surface area contributed by atoms with Crippen LogP contribution in [0.15, 0.2) is 42.5 Å². The van der Waals surface area contributed by atoms with E-state index in [4.69, 9.17) is 14.2 Å². The average Bonchev–Trinajstić information content (AvgIpc) is 2.85. The number of carbonyl (C=O) groups is 2. The number of amides is 2. The Balaban J connectivity index is 2.23. The number of nitrogens with one attached hydrogen (secondary N) is 1. The average molecular weight is 457 g/mol. The molecule has 0 aliphatic heterocycles. The van der Waals surface area contributed by atoms with Crippen LogP contribution in [0.1, 0.15) is 44.2 Å². The Morgan fingerprint density at radius 3 is 2.33 bits per heavy atom. The Morgan fingerprint density at radius 1 is 0.939 bits per heavy atom. The fourth-order valence-electron chi connectivity index (χ4n) is 3.68. The highest BCUT2D eigenvalue weighted by atomic mass is 16.5. The third-order valence-electron chi connectivity index (χ3n) is 5.50. The predicted octanol–water partition coefficient (Wildman–Crippen LogP) is 3.98. The molecule has 0 radical (unpaired) electrons. The van der Waals surface area contributed by atoms with Gasteiger partial charge in [-0.25, -0.2) is 0 Å². The Bertz CT molecular complexity index is 915. The number of aryl methyl sites for hydroxylation is 1. The minimum atomic E-state index is -0.541. The van der Waals surface area contributed by atoms with Gasteiger partial charge in [0, 0.05) is 19.5 Å². The lowest BCUT2D eigenvalue weighted by Gasteiger charge is -2.31. The van der Waals surface area contributed by atoms with E-state index in [0.717, 1.165) is 17.5 Å². The van der Waals surface area contributed by atoms with E-state index in [9.17, 15) is 9.59 Å². The van der Waals surface area contributed by atoms with Crippen LogP contribution in [-0.4, -0.2) is 50.6 Å². The van der Waals surface area contributed by atoms with Crippen molar-refractivity contribution >= 4 is 11.8 Å². The number of rotatable bonds is 13. The molecule has 0 aliphatic carbocycles. The van der Waals surface area contributed by atoms with Crippen molar-refractivity contribution in [3.8, 4) is 17.2 Å². The maximum atomic E-state index is 13.4. The van der Waals surface area contributed by atoms with Crippen LogP contribution in [0.25, 0.3) is 0 Å². The molecule has 0 saturated heterocycles. The van der Waals surface area contributed by atoms with Gasteiger partial charge in [-0.2, -0.15) is 0 Å². The van der Waals surface area contributed by atoms with Gasteiger partial charge in [0.1, 0.15) is 11.8 Å². The summed E-state index contributed by atoms with van der Waals surface area (Å²) >= 11 is 0. The van der Waals surface area contributed by atoms with E-state index in [-0.39, 0.29) is 18.2 Å². The zero-order chi connectivity index (χ0) is 24.2. The van der Waals surface area contributed by atoms with E-state index in [1.165, 1.54) is 0 Å². The molecule has 2 amide bonds. The first-order chi connectivity index (χ1) is 16.0. The minimum Gasteiger partial charge on any atom is -0.497 e. The smallest absolute Gasteiger partial charge is 0.242 e. The van der Waals surface area contributed by atoms with Crippen molar-refractivity contribution in [1.29, 1.82) is 0 Å². The van der Waals surface area contributed by atoms with E-state index < -0.39 is 6.04 Å². The number of hydrogen-bond donors (Lipinski definition) is 1. The molecule has 7 nitrogen and oxygen atoms in total. The SMILES string of the molecule is CCCNC(=O)[C@@H](CC)N(Cc1cccc(OC)c1)C(=O)CCc1ccc(OC)c(OC)c1. The Morgan fingerprint density at radius 2 is 1.70 bits per heavy atom. The molecule has 0 aromatic heterocycles. The molecule has 33 heavy (non-hydrogen) atoms. The van der Waals surface area contributed by atoms with Crippen molar-refractivity contribution in [1.82, 2.24) is 10.2 Å². The molecular formula is C26H36N2O5. The highest BCUT2D eigenvalue weighted by Crippen LogP contribution is 2.28. The third-order valence-corrected chi connectivity index (χ3v) is 5.50. The largest absolute Gasteiger partial charge is 0.497 e. The van der Waals surface area contributed by atoms with Crippen LogP contribution in [0.4, 0.5) is 0 Å². The summed E-state index contributed by atoms with van der Waals surface area (Å²) in [5.41, 5.74) is 1.88. The zero-order valence-electron chi connectivity index (χ0n) is 20.3. The first-order valence-electron chi connectivity index (χ1n) is 11.4. The second-order valence-electron chi connectivity index (χ2n) is 7.78. The molecule has 2 aromatic carbocycles. The van der Waals surface area contributed by atoms with Gasteiger partial charge >= 0.3 is 0 Å². The van der Waals surface area contributed by atoms with E-state index in [1.54, 1.807) is 26.2 Å². The van der Waals surface area contributed by atoms with Gasteiger partial charge in [0.25, 0.3) is 0 Å². The number of hydrogen-bond acceptors (Lipinski definition) is 5. The molecule has 0 fully saturated rings. The molecule has 0 unspecified atom stereocenters. The predicted molar refractivity (Wildman–Crippen MR) is 129 cm³/mol. The zero-order valence-corrected chi connectivity index (χ0v) is 20.3. The van der Waals surface area contributed by atoms with Gasteiger partial charge in [-0.3, -0.25) is 9.59 Å². The van der Waals surface area contributed by atoms with E-state index >= 15 is 0 Å². The summed E-state index contributed by atoms with van der Waals surface area (Å²) in [4.78, 5) is 27.9. The van der Waals surface area contributed by atoms with Gasteiger partial charge in [-0.15, -0.1) is 0 Å². The van der Waals surface area contributed by atoms with Gasteiger partial charge < -0.3 is 24.4 Å². The fraction of sp³-hybridized carbons (Fsp3) is 0.462. The van der Waals surface area contributed by atoms with Crippen LogP contribution in [-0.2, 0) is 22.6 Å². The van der Waals surface area contributed by atoms with Crippen LogP contribution in [0.5, 0.6) is 17.2 Å². The fourth-order valence-corrected chi connectivity index (χ4v) is 3.68. The molecule has 1 atom stereocenters. The molecule has 7 heteroatoms. The first kappa shape index (κ1) is 26.0. The van der Waals surface area contributed by atoms with Crippen LogP contribution in [0.2, 0.25) is 0 Å². The number of ether oxygens (including phenoxy) is 3. The number of nitrogens with zero attached hydrogens (tertiary/aromatic N) is 1. The van der Waals surface area contributed by atoms with Crippen molar-refractivity contribution in [2.45, 2.75) is 52.1 Å². The number of methoxy groups -OCH3 is 3. The molecule has 0 bridgehead atoms. The van der Waals surface area contributed by atoms with Gasteiger partial charge in [0.2, 0.25) is 11.8 Å². The molecule has 1 N–H and O–H groups in total. The summed E-state index contributed by atoms with van der Waals surface area (Å²) in [6.07, 6.45) is 2.17. The van der Waals surface area contributed by atoms with Crippen molar-refractivity contribution in [3.05, 3.63) is 53.6 Å². The molecule has 2 aromatic rings. The highest BCUT2D eigenvalue weighted by Gasteiger charge is 2.28. The lowest BCUT2D eigenvalue weighted by molar-refractivity contribution is -0.141. The summed E-state index contributed by atoms with van der Waals surface area (Å²) in [6.45, 7) is 4.85. The molecule has 0 saturated carbocycles. The molecule has 180 valence electrons. The van der Waals surface area contributed by atoms with Crippen LogP contribution < -0.4 is 19.5 Å². The Kier molecular flexibility index (Phi) is 10.5. The van der Waals surface area contributed by atoms with E-state index in [0.29, 0.717) is 43.2 Å². The van der Waals surface area contributed by atoms with Gasteiger partial charge in [0.05, 0.1) is 21.3 Å². The van der Waals surface area contributed by atoms with Crippen molar-refractivity contribution in [3.63, 3.8) is 0 Å². The normalized spacial score (nSPS) is 11.4. The van der Waals surface area contributed by atoms with Crippen molar-refractivity contribution in [2.24, 2.45) is 0 Å². The van der Waals surface area contributed by atoms with Crippen molar-refractivity contribution < 1.29 is 23.8 Å². The maximum Gasteiger partial charge on any atom is 0.242 e. The molecule has 0 heterocycles. The van der Waals surface area contributed by atoms with E-state index in [1.807, 2.05) is 56.3 Å². The summed E-state index contributed by atoms with van der Waals surface area (Å²) in [5, 5.41) is 2.94. The Labute approximate surface area is 197 Å². The molecule has 0 spiro atoms. The van der Waals surface area contributed by atoms with E-state index in [2.05, 4.69) is 5.32 Å². The second-order valence-corrected chi connectivity index (χ2v) is 7.78. The molecular weight excluding hydrogens is 420 g/mol. The molecule has 2 rings (SSSR count). The standard InChI is InChI=1S/C26H36N2O5/c1-6-15-27-26(30)22(7-2)28(18-20-9-8-10-21(16-20)31-3)25(29)14-12-19-11-13-23(32-4)24(17-19)33-5/h8-11,13,16-17,22H,6-7,12,14-15,18H2,1-5H3,(H,27,30)/t22-/m1/s1. The van der Waals surface area contributed by atoms with Gasteiger partial charge in [0.15, 0.2) is 11.5 Å². The second kappa shape index (κ2) is 13.4. The summed E-state index contributed by atoms with van der Waals surface area (Å²) in [5.74, 6) is 1.79. The number of carbonyl (C=O) groups excluding carboxylic acids is 2. The topological polar surface area (TPSA) is 77.1 Å². The summed E-state index contributed by atoms with van der Waals surface area (Å²) < 4.78 is 16.0. The maximum absolute atomic E-state index is 13.4. The minimum absolute atomic E-state index is 0.0777. The monoisotopic (exact) mass is 456 g/mol. The lowest BCUT2D eigenvalue weighted by Crippen LogP contribution is -2.49. The van der Waals surface area contributed by atoms with Crippen LogP contribution in [0, 0.1) is 0 Å².